The van der Waals surface area contributed by atoms with E-state index in [0.717, 1.165) is 36.3 Å². The Morgan fingerprint density at radius 3 is 2.46 bits per heavy atom. The van der Waals surface area contributed by atoms with Crippen molar-refractivity contribution in [1.82, 2.24) is 0 Å². The van der Waals surface area contributed by atoms with Gasteiger partial charge in [0.25, 0.3) is 5.91 Å². The van der Waals surface area contributed by atoms with Crippen LogP contribution in [0, 0.1) is 3.82 Å². The van der Waals surface area contributed by atoms with Gasteiger partial charge in [0.15, 0.2) is 0 Å². The maximum Gasteiger partial charge on any atom is 0.259 e. The van der Waals surface area contributed by atoms with Crippen molar-refractivity contribution in [2.45, 2.75) is 19.4 Å². The van der Waals surface area contributed by atoms with Crippen LogP contribution in [0.1, 0.15) is 29.1 Å². The largest absolute Gasteiger partial charge is 0.297 e. The van der Waals surface area contributed by atoms with Crippen LogP contribution in [-0.4, -0.2) is 5.91 Å². The highest BCUT2D eigenvalue weighted by Gasteiger charge is 2.43. The normalized spacial score (nSPS) is 14.6. The fourth-order valence-corrected chi connectivity index (χ4v) is 7.27. The van der Waals surface area contributed by atoms with Gasteiger partial charge in [-0.05, 0) is 42.8 Å². The van der Waals surface area contributed by atoms with Crippen molar-refractivity contribution < 1.29 is 4.79 Å². The van der Waals surface area contributed by atoms with Crippen LogP contribution in [0.4, 0.5) is 5.69 Å². The number of para-hydroxylation sites is 1. The average Bonchev–Trinajstić information content (AvgIpc) is 3.10. The van der Waals surface area contributed by atoms with E-state index < -0.39 is 5.54 Å². The number of amides is 1. The highest BCUT2D eigenvalue weighted by Crippen LogP contribution is 2.52. The Morgan fingerprint density at radius 2 is 1.64 bits per heavy atom. The van der Waals surface area contributed by atoms with Gasteiger partial charge in [0, 0.05) is 16.7 Å². The summed E-state index contributed by atoms with van der Waals surface area (Å²) in [7, 11) is 3.30. The number of carbonyl (C=O) groups excluding carboxylic acids is 1. The van der Waals surface area contributed by atoms with Gasteiger partial charge < -0.3 is 0 Å². The summed E-state index contributed by atoms with van der Waals surface area (Å²) in [6.07, 6.45) is 0. The van der Waals surface area contributed by atoms with E-state index in [1.54, 1.807) is 20.7 Å². The second kappa shape index (κ2) is 6.34. The molecule has 0 fully saturated rings. The Labute approximate surface area is 176 Å². The predicted octanol–water partition coefficient (Wildman–Crippen LogP) is 7.25. The monoisotopic (exact) mass is 419 g/mol. The molecular formula is C23H17NOS3. The standard InChI is InChI=1S/C23H17NOS3/c1-23(2)20-19(22(26)28-27-20)17-9-5-6-10-18(17)24(23)21(25)16-12-11-14-7-3-4-8-15(14)13-16/h3-13H,1-2H3. The Morgan fingerprint density at radius 1 is 0.929 bits per heavy atom. The summed E-state index contributed by atoms with van der Waals surface area (Å²) in [6.45, 7) is 4.22. The van der Waals surface area contributed by atoms with Crippen molar-refractivity contribution in [3.8, 4) is 11.1 Å². The fraction of sp³-hybridized carbons (Fsp3) is 0.130. The number of rotatable bonds is 1. The summed E-state index contributed by atoms with van der Waals surface area (Å²) in [5.41, 5.74) is 3.32. The Kier molecular flexibility index (Phi) is 4.02. The van der Waals surface area contributed by atoms with Crippen molar-refractivity contribution in [2.24, 2.45) is 0 Å². The van der Waals surface area contributed by atoms with Gasteiger partial charge in [0.05, 0.1) is 16.1 Å². The molecule has 0 bridgehead atoms. The fourth-order valence-electron chi connectivity index (χ4n) is 3.99. The molecule has 0 atom stereocenters. The molecule has 138 valence electrons. The van der Waals surface area contributed by atoms with Crippen LogP contribution in [0.5, 0.6) is 0 Å². The van der Waals surface area contributed by atoms with Crippen LogP contribution in [-0.2, 0) is 5.54 Å². The Hall–Kier alpha value is -2.34. The van der Waals surface area contributed by atoms with Gasteiger partial charge in [-0.1, -0.05) is 81.4 Å². The Bertz CT molecular complexity index is 1300. The highest BCUT2D eigenvalue weighted by atomic mass is 32.9. The summed E-state index contributed by atoms with van der Waals surface area (Å²) in [4.78, 5) is 16.8. The molecule has 0 unspecified atom stereocenters. The van der Waals surface area contributed by atoms with Gasteiger partial charge in [0.2, 0.25) is 0 Å². The lowest BCUT2D eigenvalue weighted by Crippen LogP contribution is -2.47. The van der Waals surface area contributed by atoms with Gasteiger partial charge in [-0.15, -0.1) is 0 Å². The molecule has 2 heterocycles. The summed E-state index contributed by atoms with van der Waals surface area (Å²) >= 11 is 5.63. The third-order valence-electron chi connectivity index (χ3n) is 5.36. The zero-order valence-corrected chi connectivity index (χ0v) is 17.9. The molecule has 1 aliphatic heterocycles. The molecule has 28 heavy (non-hydrogen) atoms. The van der Waals surface area contributed by atoms with E-state index in [9.17, 15) is 4.79 Å². The van der Waals surface area contributed by atoms with Crippen LogP contribution in [0.2, 0.25) is 0 Å². The molecule has 2 nitrogen and oxygen atoms in total. The SMILES string of the molecule is CC1(C)c2ssc(=S)c2-c2ccccc2N1C(=O)c1ccc2ccccc2c1. The third kappa shape index (κ3) is 2.50. The molecule has 1 amide bonds. The van der Waals surface area contributed by atoms with Crippen molar-refractivity contribution in [1.29, 1.82) is 0 Å². The molecule has 0 N–H and O–H groups in total. The van der Waals surface area contributed by atoms with Crippen LogP contribution in [0.3, 0.4) is 0 Å². The topological polar surface area (TPSA) is 20.3 Å². The summed E-state index contributed by atoms with van der Waals surface area (Å²) in [5.74, 6) is 0.0122. The number of nitrogens with zero attached hydrogens (tertiary/aromatic N) is 1. The summed E-state index contributed by atoms with van der Waals surface area (Å²) in [6, 6.07) is 22.1. The van der Waals surface area contributed by atoms with E-state index in [4.69, 9.17) is 12.2 Å². The smallest absolute Gasteiger partial charge is 0.259 e. The van der Waals surface area contributed by atoms with Crippen LogP contribution >= 0.6 is 32.9 Å². The van der Waals surface area contributed by atoms with Crippen LogP contribution < -0.4 is 4.90 Å². The van der Waals surface area contributed by atoms with E-state index >= 15 is 0 Å². The van der Waals surface area contributed by atoms with Crippen LogP contribution in [0.15, 0.2) is 66.7 Å². The molecular weight excluding hydrogens is 402 g/mol. The maximum atomic E-state index is 13.7. The summed E-state index contributed by atoms with van der Waals surface area (Å²) < 4.78 is 0.901. The van der Waals surface area contributed by atoms with Gasteiger partial charge in [-0.25, -0.2) is 0 Å². The van der Waals surface area contributed by atoms with Crippen LogP contribution in [0.25, 0.3) is 21.9 Å². The number of fused-ring (bicyclic) bond motifs is 4. The molecule has 5 heteroatoms. The van der Waals surface area contributed by atoms with Crippen molar-refractivity contribution in [3.63, 3.8) is 0 Å². The van der Waals surface area contributed by atoms with E-state index in [2.05, 4.69) is 26.0 Å². The van der Waals surface area contributed by atoms with Gasteiger partial charge in [-0.2, -0.15) is 0 Å². The van der Waals surface area contributed by atoms with E-state index in [1.165, 1.54) is 0 Å². The van der Waals surface area contributed by atoms with Crippen molar-refractivity contribution >= 4 is 55.3 Å². The van der Waals surface area contributed by atoms with Gasteiger partial charge in [-0.3, -0.25) is 9.69 Å². The van der Waals surface area contributed by atoms with E-state index in [-0.39, 0.29) is 5.91 Å². The molecule has 5 rings (SSSR count). The minimum atomic E-state index is -0.468. The lowest BCUT2D eigenvalue weighted by Gasteiger charge is -2.43. The third-order valence-corrected chi connectivity index (χ3v) is 8.69. The number of hydrogen-bond donors (Lipinski definition) is 0. The number of carbonyl (C=O) groups is 1. The zero-order valence-electron chi connectivity index (χ0n) is 15.4. The number of benzene rings is 3. The van der Waals surface area contributed by atoms with Gasteiger partial charge >= 0.3 is 0 Å². The lowest BCUT2D eigenvalue weighted by atomic mass is 9.87. The van der Waals surface area contributed by atoms with Crippen molar-refractivity contribution in [3.05, 3.63) is 81.0 Å². The average molecular weight is 420 g/mol. The Balaban J connectivity index is 1.72. The first-order valence-electron chi connectivity index (χ1n) is 9.05. The minimum Gasteiger partial charge on any atom is -0.297 e. The van der Waals surface area contributed by atoms with Crippen molar-refractivity contribution in [2.75, 3.05) is 4.90 Å². The highest BCUT2D eigenvalue weighted by molar-refractivity contribution is 7.80. The first kappa shape index (κ1) is 17.7. The quantitative estimate of drug-likeness (QED) is 0.239. The minimum absolute atomic E-state index is 0.0122. The molecule has 4 aromatic rings. The second-order valence-electron chi connectivity index (χ2n) is 7.44. The molecule has 1 aliphatic rings. The number of hydrogen-bond acceptors (Lipinski definition) is 4. The molecule has 0 radical (unpaired) electrons. The van der Waals surface area contributed by atoms with E-state index in [1.807, 2.05) is 59.5 Å². The molecule has 1 aromatic heterocycles. The molecule has 3 aromatic carbocycles. The first-order valence-corrected chi connectivity index (χ1v) is 11.6. The maximum absolute atomic E-state index is 13.7. The van der Waals surface area contributed by atoms with Gasteiger partial charge in [0.1, 0.15) is 3.82 Å². The lowest BCUT2D eigenvalue weighted by molar-refractivity contribution is 0.0962. The molecule has 0 spiro atoms. The predicted molar refractivity (Wildman–Crippen MR) is 122 cm³/mol. The van der Waals surface area contributed by atoms with E-state index in [0.29, 0.717) is 5.56 Å². The zero-order chi connectivity index (χ0) is 19.5. The molecule has 0 aliphatic carbocycles. The number of anilines is 1. The second-order valence-corrected chi connectivity index (χ2v) is 10.3. The first-order chi connectivity index (χ1) is 13.5. The molecule has 0 saturated carbocycles. The summed E-state index contributed by atoms with van der Waals surface area (Å²) in [5, 5.41) is 2.21. The molecule has 0 saturated heterocycles.